The predicted octanol–water partition coefficient (Wildman–Crippen LogP) is 2.28. The topological polar surface area (TPSA) is 3.24 Å². The third kappa shape index (κ3) is 1.70. The fourth-order valence-electron chi connectivity index (χ4n) is 0.932. The summed E-state index contributed by atoms with van der Waals surface area (Å²) in [6.07, 6.45) is 0. The molecule has 60 valence electrons. The van der Waals surface area contributed by atoms with Crippen molar-refractivity contribution in [1.82, 2.24) is 0 Å². The van der Waals surface area contributed by atoms with E-state index in [4.69, 9.17) is 0 Å². The van der Waals surface area contributed by atoms with Crippen molar-refractivity contribution in [2.24, 2.45) is 0 Å². The minimum atomic E-state index is -0.156. The Hall–Kier alpha value is -1.05. The Morgan fingerprint density at radius 3 is 2.55 bits per heavy atom. The van der Waals surface area contributed by atoms with Crippen molar-refractivity contribution < 1.29 is 4.39 Å². The van der Waals surface area contributed by atoms with Crippen LogP contribution in [0.1, 0.15) is 6.92 Å². The molecule has 11 heavy (non-hydrogen) atoms. The Labute approximate surface area is 66.5 Å². The molecule has 0 atom stereocenters. The number of hydrogen-bond donors (Lipinski definition) is 0. The fraction of sp³-hybridized carbons (Fsp3) is 0.333. The summed E-state index contributed by atoms with van der Waals surface area (Å²) in [5, 5.41) is 0. The van der Waals surface area contributed by atoms with Crippen LogP contribution in [0.25, 0.3) is 0 Å². The van der Waals surface area contributed by atoms with Crippen molar-refractivity contribution in [3.8, 4) is 0 Å². The molecule has 0 unspecified atom stereocenters. The van der Waals surface area contributed by atoms with Crippen LogP contribution in [0, 0.1) is 5.82 Å². The van der Waals surface area contributed by atoms with Gasteiger partial charge >= 0.3 is 0 Å². The fourth-order valence-corrected chi connectivity index (χ4v) is 0.932. The zero-order valence-corrected chi connectivity index (χ0v) is 6.84. The summed E-state index contributed by atoms with van der Waals surface area (Å²) < 4.78 is 13.0. The Bertz CT molecular complexity index is 235. The summed E-state index contributed by atoms with van der Waals surface area (Å²) in [6.45, 7) is 2.81. The first-order chi connectivity index (χ1) is 5.25. The molecule has 1 rings (SSSR count). The maximum absolute atomic E-state index is 13.0. The molecule has 1 aromatic carbocycles. The molecule has 0 aliphatic rings. The number of benzene rings is 1. The number of nitrogens with zero attached hydrogens (tertiary/aromatic N) is 1. The van der Waals surface area contributed by atoms with E-state index in [9.17, 15) is 4.39 Å². The quantitative estimate of drug-likeness (QED) is 0.630. The molecule has 0 aliphatic carbocycles. The number of hydrogen-bond acceptors (Lipinski definition) is 1. The average molecular weight is 153 g/mol. The van der Waals surface area contributed by atoms with Crippen LogP contribution >= 0.6 is 0 Å². The van der Waals surface area contributed by atoms with Crippen molar-refractivity contribution >= 4 is 5.69 Å². The summed E-state index contributed by atoms with van der Waals surface area (Å²) in [5.41, 5.74) is 0.662. The first-order valence-electron chi connectivity index (χ1n) is 3.71. The lowest BCUT2D eigenvalue weighted by atomic mass is 10.3. The van der Waals surface area contributed by atoms with Gasteiger partial charge in [-0.3, -0.25) is 0 Å². The predicted molar refractivity (Wildman–Crippen MR) is 45.3 cm³/mol. The first-order valence-corrected chi connectivity index (χ1v) is 3.71. The molecule has 0 aromatic heterocycles. The highest BCUT2D eigenvalue weighted by atomic mass is 19.1. The molecule has 0 radical (unpaired) electrons. The van der Waals surface area contributed by atoms with Gasteiger partial charge in [0.2, 0.25) is 0 Å². The molecule has 1 nitrogen and oxygen atoms in total. The summed E-state index contributed by atoms with van der Waals surface area (Å²) in [4.78, 5) is 1.87. The van der Waals surface area contributed by atoms with Crippen LogP contribution in [0.5, 0.6) is 0 Å². The van der Waals surface area contributed by atoms with Gasteiger partial charge in [-0.2, -0.15) is 0 Å². The van der Waals surface area contributed by atoms with Gasteiger partial charge in [-0.15, -0.1) is 0 Å². The molecular weight excluding hydrogens is 141 g/mol. The molecule has 0 heterocycles. The Balaban J connectivity index is 2.93. The summed E-state index contributed by atoms with van der Waals surface area (Å²) in [6, 6.07) is 6.78. The molecule has 0 saturated heterocycles. The van der Waals surface area contributed by atoms with E-state index in [1.54, 1.807) is 12.1 Å². The molecule has 2 heteroatoms. The van der Waals surface area contributed by atoms with E-state index in [0.717, 1.165) is 6.54 Å². The molecule has 0 fully saturated rings. The van der Waals surface area contributed by atoms with E-state index in [1.165, 1.54) is 6.07 Å². The Morgan fingerprint density at radius 1 is 1.36 bits per heavy atom. The number of halogens is 1. The highest BCUT2D eigenvalue weighted by Gasteiger charge is 2.02. The van der Waals surface area contributed by atoms with Crippen LogP contribution < -0.4 is 4.90 Å². The molecular formula is C9H12FN. The van der Waals surface area contributed by atoms with Gasteiger partial charge in [-0.25, -0.2) is 4.39 Å². The lowest BCUT2D eigenvalue weighted by Gasteiger charge is -2.16. The second-order valence-electron chi connectivity index (χ2n) is 2.47. The molecule has 0 N–H and O–H groups in total. The molecule has 0 spiro atoms. The first kappa shape index (κ1) is 8.05. The van der Waals surface area contributed by atoms with Crippen molar-refractivity contribution in [2.75, 3.05) is 18.5 Å². The van der Waals surface area contributed by atoms with E-state index < -0.39 is 0 Å². The van der Waals surface area contributed by atoms with Crippen molar-refractivity contribution in [1.29, 1.82) is 0 Å². The van der Waals surface area contributed by atoms with Crippen LogP contribution in [-0.2, 0) is 0 Å². The minimum Gasteiger partial charge on any atom is -0.373 e. The third-order valence-electron chi connectivity index (χ3n) is 1.74. The zero-order chi connectivity index (χ0) is 8.27. The normalized spacial score (nSPS) is 9.73. The lowest BCUT2D eigenvalue weighted by molar-refractivity contribution is 0.623. The summed E-state index contributed by atoms with van der Waals surface area (Å²) >= 11 is 0. The van der Waals surface area contributed by atoms with Crippen LogP contribution in [0.3, 0.4) is 0 Å². The minimum absolute atomic E-state index is 0.156. The monoisotopic (exact) mass is 153 g/mol. The van der Waals surface area contributed by atoms with Crippen molar-refractivity contribution in [2.45, 2.75) is 6.92 Å². The van der Waals surface area contributed by atoms with Gasteiger partial charge in [0, 0.05) is 13.6 Å². The molecule has 0 amide bonds. The Morgan fingerprint density at radius 2 is 2.00 bits per heavy atom. The highest BCUT2D eigenvalue weighted by Crippen LogP contribution is 2.15. The number of rotatable bonds is 2. The molecule has 1 aromatic rings. The van der Waals surface area contributed by atoms with Crippen LogP contribution in [0.2, 0.25) is 0 Å². The van der Waals surface area contributed by atoms with Gasteiger partial charge in [0.25, 0.3) is 0 Å². The van der Waals surface area contributed by atoms with Gasteiger partial charge in [0.15, 0.2) is 0 Å². The van der Waals surface area contributed by atoms with E-state index in [-0.39, 0.29) is 5.82 Å². The smallest absolute Gasteiger partial charge is 0.146 e. The Kier molecular flexibility index (Phi) is 2.47. The van der Waals surface area contributed by atoms with Crippen molar-refractivity contribution in [3.63, 3.8) is 0 Å². The maximum Gasteiger partial charge on any atom is 0.146 e. The van der Waals surface area contributed by atoms with Gasteiger partial charge in [0.05, 0.1) is 5.69 Å². The average Bonchev–Trinajstić information content (AvgIpc) is 2.04. The van der Waals surface area contributed by atoms with E-state index in [2.05, 4.69) is 0 Å². The van der Waals surface area contributed by atoms with Gasteiger partial charge in [0.1, 0.15) is 5.82 Å². The summed E-state index contributed by atoms with van der Waals surface area (Å²) in [7, 11) is 1.87. The van der Waals surface area contributed by atoms with Crippen LogP contribution in [-0.4, -0.2) is 13.6 Å². The zero-order valence-electron chi connectivity index (χ0n) is 6.84. The van der Waals surface area contributed by atoms with Crippen LogP contribution in [0.15, 0.2) is 24.3 Å². The second kappa shape index (κ2) is 3.37. The molecule has 0 saturated carbocycles. The summed E-state index contributed by atoms with van der Waals surface area (Å²) in [5.74, 6) is -0.156. The van der Waals surface area contributed by atoms with E-state index in [0.29, 0.717) is 5.69 Å². The van der Waals surface area contributed by atoms with Gasteiger partial charge < -0.3 is 4.90 Å². The number of anilines is 1. The standard InChI is InChI=1S/C9H12FN/c1-3-11(2)9-7-5-4-6-8(9)10/h4-7H,3H2,1-2H3. The second-order valence-corrected chi connectivity index (χ2v) is 2.47. The largest absolute Gasteiger partial charge is 0.373 e. The SMILES string of the molecule is CCN(C)c1ccccc1F. The maximum atomic E-state index is 13.0. The number of para-hydroxylation sites is 1. The molecule has 0 bridgehead atoms. The van der Waals surface area contributed by atoms with E-state index >= 15 is 0 Å². The third-order valence-corrected chi connectivity index (χ3v) is 1.74. The molecule has 0 aliphatic heterocycles. The van der Waals surface area contributed by atoms with E-state index in [1.807, 2.05) is 24.9 Å². The van der Waals surface area contributed by atoms with Gasteiger partial charge in [-0.1, -0.05) is 12.1 Å². The highest BCUT2D eigenvalue weighted by molar-refractivity contribution is 5.46. The lowest BCUT2D eigenvalue weighted by Crippen LogP contribution is -2.16. The van der Waals surface area contributed by atoms with Crippen LogP contribution in [0.4, 0.5) is 10.1 Å². The van der Waals surface area contributed by atoms with Crippen molar-refractivity contribution in [3.05, 3.63) is 30.1 Å². The van der Waals surface area contributed by atoms with Gasteiger partial charge in [-0.05, 0) is 19.1 Å².